The highest BCUT2D eigenvalue weighted by Crippen LogP contribution is 2.46. The van der Waals surface area contributed by atoms with Crippen molar-refractivity contribution in [1.82, 2.24) is 5.32 Å². The van der Waals surface area contributed by atoms with Crippen LogP contribution in [-0.2, 0) is 19.1 Å². The first-order valence-electron chi connectivity index (χ1n) is 14.2. The van der Waals surface area contributed by atoms with Crippen LogP contribution in [0, 0.1) is 0 Å². The largest absolute Gasteiger partial charge is 0.493 e. The van der Waals surface area contributed by atoms with Crippen LogP contribution in [0.4, 0.5) is 0 Å². The van der Waals surface area contributed by atoms with Gasteiger partial charge in [-0.1, -0.05) is 18.2 Å². The van der Waals surface area contributed by atoms with Crippen LogP contribution in [-0.4, -0.2) is 45.3 Å². The molecule has 220 valence electrons. The lowest BCUT2D eigenvalue weighted by atomic mass is 9.72. The molecule has 0 radical (unpaired) electrons. The van der Waals surface area contributed by atoms with Crippen molar-refractivity contribution in [1.29, 1.82) is 0 Å². The first-order valence-corrected chi connectivity index (χ1v) is 14.2. The van der Waals surface area contributed by atoms with E-state index in [1.54, 1.807) is 38.3 Å². The Hall–Kier alpha value is -4.37. The molecule has 0 unspecified atom stereocenters. The smallest absolute Gasteiger partial charge is 0.336 e. The zero-order chi connectivity index (χ0) is 29.8. The minimum Gasteiger partial charge on any atom is -0.493 e. The number of ether oxygens (including phenoxy) is 4. The Morgan fingerprint density at radius 2 is 1.83 bits per heavy atom. The van der Waals surface area contributed by atoms with Crippen LogP contribution in [0.5, 0.6) is 11.5 Å². The average Bonchev–Trinajstić information content (AvgIpc) is 2.99. The summed E-state index contributed by atoms with van der Waals surface area (Å²) in [5.74, 6) is -0.630. The summed E-state index contributed by atoms with van der Waals surface area (Å²) in [6.45, 7) is 6.80. The van der Waals surface area contributed by atoms with Crippen LogP contribution >= 0.6 is 0 Å². The van der Waals surface area contributed by atoms with E-state index in [1.165, 1.54) is 6.26 Å². The zero-order valence-corrected chi connectivity index (χ0v) is 24.3. The Morgan fingerprint density at radius 3 is 2.60 bits per heavy atom. The second-order valence-electron chi connectivity index (χ2n) is 10.2. The van der Waals surface area contributed by atoms with Gasteiger partial charge in [0.15, 0.2) is 22.7 Å². The number of fused-ring (bicyclic) bond motifs is 1. The number of hydrogen-bond acceptors (Lipinski definition) is 9. The predicted octanol–water partition coefficient (Wildman–Crippen LogP) is 5.14. The number of dihydropyridines is 1. The third-order valence-corrected chi connectivity index (χ3v) is 7.69. The number of nitrogens with one attached hydrogen (secondary N) is 1. The summed E-state index contributed by atoms with van der Waals surface area (Å²) < 4.78 is 27.9. The van der Waals surface area contributed by atoms with Gasteiger partial charge in [-0.25, -0.2) is 4.79 Å². The summed E-state index contributed by atoms with van der Waals surface area (Å²) in [4.78, 5) is 41.3. The molecule has 5 rings (SSSR count). The molecule has 2 aromatic carbocycles. The number of carbonyl (C=O) groups excluding carboxylic acids is 2. The summed E-state index contributed by atoms with van der Waals surface area (Å²) in [5, 5.41) is 3.69. The number of ketones is 1. The van der Waals surface area contributed by atoms with Crippen molar-refractivity contribution in [2.75, 3.05) is 33.5 Å². The van der Waals surface area contributed by atoms with Crippen molar-refractivity contribution in [2.24, 2.45) is 0 Å². The standard InChI is InChI=1S/C33H35NO8/c1-5-39-13-14-41-33(37)29-19(3)34-24-15-21(20-11-12-27(40-6-2)28(17-20)38-4)16-25(35)31(24)30(29)23-18-42-26-10-8-7-9-22(26)32(23)36/h7-12,17-18,21,30,34H,5-6,13-16H2,1-4H3/t21-,30-/m1/s1. The molecule has 0 bridgehead atoms. The molecule has 1 aliphatic heterocycles. The van der Waals surface area contributed by atoms with Gasteiger partial charge in [0.05, 0.1) is 43.5 Å². The summed E-state index contributed by atoms with van der Waals surface area (Å²) in [7, 11) is 1.58. The van der Waals surface area contributed by atoms with E-state index in [0.717, 1.165) is 5.56 Å². The van der Waals surface area contributed by atoms with Crippen molar-refractivity contribution >= 4 is 22.7 Å². The summed E-state index contributed by atoms with van der Waals surface area (Å²) >= 11 is 0. The molecule has 1 aliphatic carbocycles. The van der Waals surface area contributed by atoms with Gasteiger partial charge in [-0.3, -0.25) is 9.59 Å². The normalized spacial score (nSPS) is 18.5. The van der Waals surface area contributed by atoms with Crippen LogP contribution in [0.2, 0.25) is 0 Å². The molecular formula is C33H35NO8. The summed E-state index contributed by atoms with van der Waals surface area (Å²) in [6, 6.07) is 12.6. The Bertz CT molecular complexity index is 1630. The topological polar surface area (TPSA) is 113 Å². The van der Waals surface area contributed by atoms with E-state index in [2.05, 4.69) is 5.32 Å². The highest BCUT2D eigenvalue weighted by molar-refractivity contribution is 6.04. The van der Waals surface area contributed by atoms with Crippen LogP contribution in [0.15, 0.2) is 80.5 Å². The summed E-state index contributed by atoms with van der Waals surface area (Å²) in [5.41, 5.74) is 3.06. The maximum atomic E-state index is 14.0. The Kier molecular flexibility index (Phi) is 8.77. The van der Waals surface area contributed by atoms with Crippen molar-refractivity contribution in [3.05, 3.63) is 92.6 Å². The molecule has 3 aromatic rings. The predicted molar refractivity (Wildman–Crippen MR) is 157 cm³/mol. The fourth-order valence-electron chi connectivity index (χ4n) is 5.78. The molecule has 0 fully saturated rings. The monoisotopic (exact) mass is 573 g/mol. The molecule has 2 atom stereocenters. The van der Waals surface area contributed by atoms with Crippen LogP contribution < -0.4 is 20.2 Å². The zero-order valence-electron chi connectivity index (χ0n) is 24.3. The lowest BCUT2D eigenvalue weighted by Gasteiger charge is -2.36. The van der Waals surface area contributed by atoms with Gasteiger partial charge < -0.3 is 28.7 Å². The van der Waals surface area contributed by atoms with Gasteiger partial charge in [-0.05, 0) is 62.9 Å². The quantitative estimate of drug-likeness (QED) is 0.260. The maximum Gasteiger partial charge on any atom is 0.336 e. The minimum absolute atomic E-state index is 0.0456. The SMILES string of the molecule is CCOCCOC(=O)C1=C(C)NC2=C(C(=O)C[C@H](c3ccc(OCC)c(OC)c3)C2)[C@@H]1c1coc2ccccc2c1=O. The number of rotatable bonds is 10. The molecule has 9 nitrogen and oxygen atoms in total. The van der Waals surface area contributed by atoms with Crippen molar-refractivity contribution < 1.29 is 33.0 Å². The summed E-state index contributed by atoms with van der Waals surface area (Å²) in [6.07, 6.45) is 2.05. The third-order valence-electron chi connectivity index (χ3n) is 7.69. The number of Topliss-reactive ketones (excluding diaryl/α,β-unsaturated/α-hetero) is 1. The molecule has 0 spiro atoms. The molecule has 1 N–H and O–H groups in total. The molecular weight excluding hydrogens is 538 g/mol. The number of methoxy groups -OCH3 is 1. The number of hydrogen-bond donors (Lipinski definition) is 1. The highest BCUT2D eigenvalue weighted by atomic mass is 16.6. The first kappa shape index (κ1) is 29.1. The third kappa shape index (κ3) is 5.56. The molecule has 9 heteroatoms. The average molecular weight is 574 g/mol. The molecule has 0 amide bonds. The highest BCUT2D eigenvalue weighted by Gasteiger charge is 2.43. The van der Waals surface area contributed by atoms with Crippen molar-refractivity contribution in [3.63, 3.8) is 0 Å². The molecule has 1 aromatic heterocycles. The maximum absolute atomic E-state index is 14.0. The molecule has 42 heavy (non-hydrogen) atoms. The molecule has 2 aliphatic rings. The van der Waals surface area contributed by atoms with Gasteiger partial charge in [0.25, 0.3) is 0 Å². The minimum atomic E-state index is -0.940. The molecule has 2 heterocycles. The number of allylic oxidation sites excluding steroid dienone is 3. The van der Waals surface area contributed by atoms with Crippen LogP contribution in [0.25, 0.3) is 11.0 Å². The Labute approximate surface area is 244 Å². The Morgan fingerprint density at radius 1 is 1.02 bits per heavy atom. The van der Waals surface area contributed by atoms with E-state index in [-0.39, 0.29) is 47.9 Å². The molecule has 0 saturated carbocycles. The fraction of sp³-hybridized carbons (Fsp3) is 0.364. The first-order chi connectivity index (χ1) is 20.4. The van der Waals surface area contributed by atoms with E-state index in [1.807, 2.05) is 32.0 Å². The lowest BCUT2D eigenvalue weighted by Crippen LogP contribution is -2.37. The fourth-order valence-corrected chi connectivity index (χ4v) is 5.78. The van der Waals surface area contributed by atoms with Gasteiger partial charge in [0.2, 0.25) is 0 Å². The number of carbonyl (C=O) groups is 2. The lowest BCUT2D eigenvalue weighted by molar-refractivity contribution is -0.140. The van der Waals surface area contributed by atoms with Gasteiger partial charge >= 0.3 is 5.97 Å². The Balaban J connectivity index is 1.57. The number of esters is 1. The van der Waals surface area contributed by atoms with Gasteiger partial charge in [0, 0.05) is 35.6 Å². The van der Waals surface area contributed by atoms with Crippen molar-refractivity contribution in [3.8, 4) is 11.5 Å². The second kappa shape index (κ2) is 12.7. The van der Waals surface area contributed by atoms with Gasteiger partial charge in [-0.15, -0.1) is 0 Å². The van der Waals surface area contributed by atoms with Gasteiger partial charge in [-0.2, -0.15) is 0 Å². The van der Waals surface area contributed by atoms with Crippen molar-refractivity contribution in [2.45, 2.75) is 45.4 Å². The van der Waals surface area contributed by atoms with Crippen LogP contribution in [0.1, 0.15) is 56.6 Å². The number of benzene rings is 2. The van der Waals surface area contributed by atoms with E-state index in [0.29, 0.717) is 59.1 Å². The van der Waals surface area contributed by atoms with Crippen LogP contribution in [0.3, 0.4) is 0 Å². The van der Waals surface area contributed by atoms with E-state index >= 15 is 0 Å². The van der Waals surface area contributed by atoms with E-state index in [9.17, 15) is 14.4 Å². The molecule has 0 saturated heterocycles. The number of para-hydroxylation sites is 1. The van der Waals surface area contributed by atoms with Gasteiger partial charge in [0.1, 0.15) is 12.2 Å². The van der Waals surface area contributed by atoms with E-state index < -0.39 is 11.9 Å². The second-order valence-corrected chi connectivity index (χ2v) is 10.2. The van der Waals surface area contributed by atoms with E-state index in [4.69, 9.17) is 23.4 Å².